The first-order valence-electron chi connectivity index (χ1n) is 15.9. The number of rotatable bonds is 14. The zero-order chi connectivity index (χ0) is 33.0. The van der Waals surface area contributed by atoms with E-state index in [4.69, 9.17) is 18.9 Å². The minimum absolute atomic E-state index is 0.00197. The summed E-state index contributed by atoms with van der Waals surface area (Å²) < 4.78 is 51.9. The molecule has 10 heteroatoms. The largest absolute Gasteiger partial charge is 0.493 e. The van der Waals surface area contributed by atoms with Gasteiger partial charge in [0.05, 0.1) is 37.9 Å². The number of ether oxygens (including phenoxy) is 4. The topological polar surface area (TPSA) is 87.2 Å². The molecule has 3 aromatic carbocycles. The summed E-state index contributed by atoms with van der Waals surface area (Å²) in [6, 6.07) is 13.8. The molecule has 8 nitrogen and oxygen atoms in total. The predicted molar refractivity (Wildman–Crippen MR) is 172 cm³/mol. The van der Waals surface area contributed by atoms with Crippen molar-refractivity contribution in [3.8, 4) is 23.0 Å². The van der Waals surface area contributed by atoms with Crippen molar-refractivity contribution >= 4 is 22.5 Å². The first kappa shape index (κ1) is 32.5. The predicted octanol–water partition coefficient (Wildman–Crippen LogP) is 6.43. The fraction of sp³-hybridized carbons (Fsp3) is 0.378. The third kappa shape index (κ3) is 7.44. The van der Waals surface area contributed by atoms with Gasteiger partial charge in [-0.2, -0.15) is 0 Å². The van der Waals surface area contributed by atoms with Crippen LogP contribution in [0.25, 0.3) is 10.9 Å². The van der Waals surface area contributed by atoms with Crippen LogP contribution in [0.5, 0.6) is 23.0 Å². The van der Waals surface area contributed by atoms with Crippen LogP contribution in [-0.4, -0.2) is 68.0 Å². The van der Waals surface area contributed by atoms with Gasteiger partial charge in [-0.05, 0) is 79.3 Å². The maximum absolute atomic E-state index is 15.5. The van der Waals surface area contributed by atoms with E-state index in [0.717, 1.165) is 39.3 Å². The Morgan fingerprint density at radius 2 is 1.66 bits per heavy atom. The van der Waals surface area contributed by atoms with Crippen LogP contribution in [0.3, 0.4) is 0 Å². The third-order valence-electron chi connectivity index (χ3n) is 9.02. The highest BCUT2D eigenvalue weighted by molar-refractivity contribution is 6.11. The molecule has 47 heavy (non-hydrogen) atoms. The number of pyridine rings is 1. The van der Waals surface area contributed by atoms with E-state index < -0.39 is 11.2 Å². The zero-order valence-electron chi connectivity index (χ0n) is 26.7. The van der Waals surface area contributed by atoms with Crippen LogP contribution < -0.4 is 14.2 Å². The van der Waals surface area contributed by atoms with E-state index >= 15 is 4.39 Å². The van der Waals surface area contributed by atoms with E-state index in [-0.39, 0.29) is 36.0 Å². The Bertz CT molecular complexity index is 1770. The van der Waals surface area contributed by atoms with Crippen molar-refractivity contribution in [1.82, 2.24) is 9.88 Å². The second-order valence-electron chi connectivity index (χ2n) is 12.2. The maximum Gasteiger partial charge on any atom is 0.166 e. The highest BCUT2D eigenvalue weighted by Crippen LogP contribution is 2.49. The average molecular weight is 645 g/mol. The summed E-state index contributed by atoms with van der Waals surface area (Å²) in [6.45, 7) is 6.58. The molecule has 246 valence electrons. The van der Waals surface area contributed by atoms with Gasteiger partial charge in [0.25, 0.3) is 0 Å². The summed E-state index contributed by atoms with van der Waals surface area (Å²) in [5.41, 5.74) is 1.36. The molecule has 1 aliphatic heterocycles. The summed E-state index contributed by atoms with van der Waals surface area (Å²) in [7, 11) is 1.56. The van der Waals surface area contributed by atoms with Crippen LogP contribution in [0.4, 0.5) is 8.78 Å². The van der Waals surface area contributed by atoms with E-state index in [9.17, 15) is 14.0 Å². The normalized spacial score (nSPS) is 15.7. The van der Waals surface area contributed by atoms with E-state index in [1.165, 1.54) is 18.2 Å². The van der Waals surface area contributed by atoms with Gasteiger partial charge in [-0.25, -0.2) is 8.78 Å². The molecule has 0 N–H and O–H groups in total. The Morgan fingerprint density at radius 3 is 2.38 bits per heavy atom. The zero-order valence-corrected chi connectivity index (χ0v) is 26.7. The molecular weight excluding hydrogens is 606 g/mol. The fourth-order valence-corrected chi connectivity index (χ4v) is 6.01. The lowest BCUT2D eigenvalue weighted by atomic mass is 9.87. The van der Waals surface area contributed by atoms with Crippen LogP contribution in [-0.2, 0) is 27.2 Å². The van der Waals surface area contributed by atoms with Gasteiger partial charge in [0.15, 0.2) is 34.6 Å². The van der Waals surface area contributed by atoms with E-state index in [0.29, 0.717) is 64.3 Å². The van der Waals surface area contributed by atoms with Crippen molar-refractivity contribution in [3.05, 3.63) is 89.1 Å². The molecule has 0 spiro atoms. The summed E-state index contributed by atoms with van der Waals surface area (Å²) in [6.07, 6.45) is 3.36. The number of benzene rings is 3. The molecule has 0 bridgehead atoms. The van der Waals surface area contributed by atoms with Crippen LogP contribution in [0.2, 0.25) is 0 Å². The first-order chi connectivity index (χ1) is 22.8. The number of fused-ring (bicyclic) bond motifs is 1. The molecule has 2 aliphatic rings. The molecule has 1 saturated heterocycles. The second-order valence-corrected chi connectivity index (χ2v) is 12.2. The van der Waals surface area contributed by atoms with Gasteiger partial charge in [-0.15, -0.1) is 0 Å². The molecule has 4 aromatic rings. The number of carbonyl (C=O) groups excluding carboxylic acids is 2. The number of halogens is 2. The molecule has 0 unspecified atom stereocenters. The Balaban J connectivity index is 1.13. The van der Waals surface area contributed by atoms with Crippen LogP contribution >= 0.6 is 0 Å². The molecule has 2 heterocycles. The molecule has 1 aromatic heterocycles. The van der Waals surface area contributed by atoms with Crippen LogP contribution in [0, 0.1) is 24.0 Å². The van der Waals surface area contributed by atoms with Crippen LogP contribution in [0.15, 0.2) is 60.8 Å². The van der Waals surface area contributed by atoms with E-state index in [1.54, 1.807) is 56.6 Å². The van der Waals surface area contributed by atoms with E-state index in [2.05, 4.69) is 9.88 Å². The number of carbonyl (C=O) groups is 2. The van der Waals surface area contributed by atoms with Crippen molar-refractivity contribution in [2.75, 3.05) is 46.6 Å². The van der Waals surface area contributed by atoms with Gasteiger partial charge >= 0.3 is 0 Å². The number of hydrogen-bond donors (Lipinski definition) is 0. The minimum atomic E-state index is -1.06. The van der Waals surface area contributed by atoms with Crippen molar-refractivity contribution in [2.24, 2.45) is 5.41 Å². The monoisotopic (exact) mass is 644 g/mol. The SMILES string of the molecule is COc1cc2c(Oc3cc(C)c(CC(=O)C4(C(=O)Cc5ccc(F)cc5)CC4)cc3F)ccnc2cc1OCCCN1CCOCC1. The molecule has 0 radical (unpaired) electrons. The number of ketones is 2. The standard InChI is InChI=1S/C37H38F2N2O6/c1-24-18-32(29(39)20-26(24)21-36(43)37(9-10-37)35(42)19-25-4-6-27(38)7-5-25)47-31-8-11-40-30-23-34(33(44-2)22-28(30)31)46-15-3-12-41-13-16-45-17-14-41/h4-8,11,18,20,22-23H,3,9-10,12-17,19,21H2,1-2H3. The number of aromatic nitrogens is 1. The van der Waals surface area contributed by atoms with Gasteiger partial charge < -0.3 is 18.9 Å². The Kier molecular flexibility index (Phi) is 9.79. The van der Waals surface area contributed by atoms with Gasteiger partial charge in [0.2, 0.25) is 0 Å². The number of morpholine rings is 1. The van der Waals surface area contributed by atoms with Crippen molar-refractivity contribution in [3.63, 3.8) is 0 Å². The molecule has 1 aliphatic carbocycles. The van der Waals surface area contributed by atoms with Gasteiger partial charge in [0, 0.05) is 50.1 Å². The average Bonchev–Trinajstić information content (AvgIpc) is 3.89. The molecule has 6 rings (SSSR count). The quantitative estimate of drug-likeness (QED) is 0.115. The number of nitrogens with zero attached hydrogens (tertiary/aromatic N) is 2. The van der Waals surface area contributed by atoms with Crippen molar-refractivity contribution in [1.29, 1.82) is 0 Å². The van der Waals surface area contributed by atoms with Crippen LogP contribution in [0.1, 0.15) is 36.0 Å². The lowest BCUT2D eigenvalue weighted by molar-refractivity contribution is -0.133. The first-order valence-corrected chi connectivity index (χ1v) is 15.9. The smallest absolute Gasteiger partial charge is 0.166 e. The molecular formula is C37H38F2N2O6. The number of methoxy groups -OCH3 is 1. The van der Waals surface area contributed by atoms with Gasteiger partial charge in [-0.1, -0.05) is 12.1 Å². The third-order valence-corrected chi connectivity index (χ3v) is 9.02. The highest BCUT2D eigenvalue weighted by Gasteiger charge is 2.54. The number of Topliss-reactive ketones (excluding diaryl/α,β-unsaturated/α-hetero) is 2. The molecule has 2 fully saturated rings. The van der Waals surface area contributed by atoms with E-state index in [1.807, 2.05) is 0 Å². The van der Waals surface area contributed by atoms with Gasteiger partial charge in [-0.3, -0.25) is 19.5 Å². The summed E-state index contributed by atoms with van der Waals surface area (Å²) >= 11 is 0. The maximum atomic E-state index is 15.5. The highest BCUT2D eigenvalue weighted by atomic mass is 19.1. The molecule has 0 amide bonds. The summed E-state index contributed by atoms with van der Waals surface area (Å²) in [5, 5.41) is 0.622. The molecule has 1 saturated carbocycles. The lowest BCUT2D eigenvalue weighted by Gasteiger charge is -2.26. The summed E-state index contributed by atoms with van der Waals surface area (Å²) in [4.78, 5) is 33.2. The number of aryl methyl sites for hydroxylation is 1. The fourth-order valence-electron chi connectivity index (χ4n) is 6.01. The van der Waals surface area contributed by atoms with Crippen molar-refractivity contribution < 1.29 is 37.3 Å². The van der Waals surface area contributed by atoms with Gasteiger partial charge in [0.1, 0.15) is 11.6 Å². The Hall–Kier alpha value is -4.41. The summed E-state index contributed by atoms with van der Waals surface area (Å²) in [5.74, 6) is 0.0335. The number of hydrogen-bond acceptors (Lipinski definition) is 8. The Morgan fingerprint density at radius 1 is 0.915 bits per heavy atom. The minimum Gasteiger partial charge on any atom is -0.493 e. The lowest BCUT2D eigenvalue weighted by Crippen LogP contribution is -2.37. The second kappa shape index (κ2) is 14.1. The molecule has 0 atom stereocenters. The van der Waals surface area contributed by atoms with Crippen molar-refractivity contribution in [2.45, 2.75) is 39.0 Å². The Labute approximate surface area is 272 Å².